The molecule has 152 valence electrons. The van der Waals surface area contributed by atoms with Crippen LogP contribution in [-0.2, 0) is 12.0 Å². The molecule has 3 aromatic rings. The van der Waals surface area contributed by atoms with E-state index in [9.17, 15) is 9.59 Å². The molecule has 0 atom stereocenters. The number of nitrogens with zero attached hydrogens (tertiary/aromatic N) is 4. The Bertz CT molecular complexity index is 1080. The van der Waals surface area contributed by atoms with Crippen LogP contribution in [0.15, 0.2) is 41.5 Å². The molecule has 0 spiro atoms. The van der Waals surface area contributed by atoms with Crippen molar-refractivity contribution in [2.24, 2.45) is 0 Å². The summed E-state index contributed by atoms with van der Waals surface area (Å²) < 4.78 is 2.21. The molecule has 1 saturated carbocycles. The molecular formula is C21H25N5O3. The van der Waals surface area contributed by atoms with Crippen LogP contribution >= 0.6 is 0 Å². The normalized spacial score (nSPS) is 15.7. The van der Waals surface area contributed by atoms with E-state index >= 15 is 0 Å². The van der Waals surface area contributed by atoms with Crippen molar-refractivity contribution in [3.8, 4) is 0 Å². The third-order valence-corrected chi connectivity index (χ3v) is 5.78. The van der Waals surface area contributed by atoms with Crippen LogP contribution < -0.4 is 5.56 Å². The largest absolute Gasteiger partial charge is 0.395 e. The van der Waals surface area contributed by atoms with Gasteiger partial charge in [-0.25, -0.2) is 9.97 Å². The molecule has 0 bridgehead atoms. The fourth-order valence-corrected chi connectivity index (χ4v) is 4.35. The molecule has 0 aromatic carbocycles. The molecule has 0 saturated heterocycles. The number of aromatic amines is 1. The van der Waals surface area contributed by atoms with Crippen molar-refractivity contribution in [2.75, 3.05) is 20.2 Å². The smallest absolute Gasteiger partial charge is 0.272 e. The third-order valence-electron chi connectivity index (χ3n) is 5.78. The van der Waals surface area contributed by atoms with Crippen molar-refractivity contribution in [3.63, 3.8) is 0 Å². The molecule has 1 aliphatic carbocycles. The van der Waals surface area contributed by atoms with E-state index in [1.54, 1.807) is 13.2 Å². The van der Waals surface area contributed by atoms with Gasteiger partial charge in [0.25, 0.3) is 11.5 Å². The molecule has 8 heteroatoms. The van der Waals surface area contributed by atoms with Crippen LogP contribution in [0.3, 0.4) is 0 Å². The SMILES string of the molecule is CN(CCO)C(=O)c1cc(=O)[nH]c(CC2(n3ccc4cccnc43)CCCC2)n1. The number of aliphatic hydroxyl groups excluding tert-OH is 1. The zero-order chi connectivity index (χ0) is 20.4. The molecule has 29 heavy (non-hydrogen) atoms. The Labute approximate surface area is 168 Å². The maximum absolute atomic E-state index is 12.5. The number of aliphatic hydroxyl groups is 1. The van der Waals surface area contributed by atoms with Gasteiger partial charge in [0.1, 0.15) is 17.2 Å². The molecule has 4 rings (SSSR count). The van der Waals surface area contributed by atoms with E-state index in [-0.39, 0.29) is 35.9 Å². The van der Waals surface area contributed by atoms with Gasteiger partial charge < -0.3 is 19.6 Å². The summed E-state index contributed by atoms with van der Waals surface area (Å²) >= 11 is 0. The summed E-state index contributed by atoms with van der Waals surface area (Å²) in [5, 5.41) is 10.1. The number of carbonyl (C=O) groups excluding carboxylic acids is 1. The number of fused-ring (bicyclic) bond motifs is 1. The maximum Gasteiger partial charge on any atom is 0.272 e. The van der Waals surface area contributed by atoms with Crippen molar-refractivity contribution < 1.29 is 9.90 Å². The minimum atomic E-state index is -0.375. The van der Waals surface area contributed by atoms with Crippen molar-refractivity contribution in [1.29, 1.82) is 0 Å². The van der Waals surface area contributed by atoms with E-state index in [0.717, 1.165) is 36.7 Å². The Morgan fingerprint density at radius 1 is 1.34 bits per heavy atom. The van der Waals surface area contributed by atoms with Crippen LogP contribution in [0, 0.1) is 0 Å². The average molecular weight is 395 g/mol. The summed E-state index contributed by atoms with van der Waals surface area (Å²) in [5.41, 5.74) is 0.444. The number of hydrogen-bond donors (Lipinski definition) is 2. The molecular weight excluding hydrogens is 370 g/mol. The molecule has 1 fully saturated rings. The van der Waals surface area contributed by atoms with E-state index < -0.39 is 0 Å². The lowest BCUT2D eigenvalue weighted by Gasteiger charge is -2.31. The topological polar surface area (TPSA) is 104 Å². The number of pyridine rings is 1. The quantitative estimate of drug-likeness (QED) is 0.661. The number of aromatic nitrogens is 4. The minimum Gasteiger partial charge on any atom is -0.395 e. The van der Waals surface area contributed by atoms with Crippen molar-refractivity contribution in [3.05, 3.63) is 58.5 Å². The Morgan fingerprint density at radius 3 is 2.90 bits per heavy atom. The second-order valence-corrected chi connectivity index (χ2v) is 7.74. The second-order valence-electron chi connectivity index (χ2n) is 7.74. The second kappa shape index (κ2) is 7.79. The number of hydrogen-bond acceptors (Lipinski definition) is 5. The molecule has 0 unspecified atom stereocenters. The van der Waals surface area contributed by atoms with Gasteiger partial charge in [-0.05, 0) is 31.0 Å². The number of likely N-dealkylation sites (N-methyl/N-ethyl adjacent to an activating group) is 1. The average Bonchev–Trinajstić information content (AvgIpc) is 3.34. The third kappa shape index (κ3) is 3.67. The summed E-state index contributed by atoms with van der Waals surface area (Å²) in [6.07, 6.45) is 8.47. The lowest BCUT2D eigenvalue weighted by Crippen LogP contribution is -2.35. The predicted molar refractivity (Wildman–Crippen MR) is 109 cm³/mol. The first-order chi connectivity index (χ1) is 14.0. The first-order valence-electron chi connectivity index (χ1n) is 9.91. The molecule has 0 aliphatic heterocycles. The number of carbonyl (C=O) groups is 1. The number of nitrogens with one attached hydrogen (secondary N) is 1. The molecule has 3 heterocycles. The summed E-state index contributed by atoms with van der Waals surface area (Å²) in [4.78, 5) is 38.0. The van der Waals surface area contributed by atoms with Crippen molar-refractivity contribution >= 4 is 16.9 Å². The van der Waals surface area contributed by atoms with Gasteiger partial charge in [0, 0.05) is 43.9 Å². The summed E-state index contributed by atoms with van der Waals surface area (Å²) in [5.74, 6) is 0.123. The summed E-state index contributed by atoms with van der Waals surface area (Å²) in [7, 11) is 1.58. The molecule has 3 aromatic heterocycles. The predicted octanol–water partition coefficient (Wildman–Crippen LogP) is 1.70. The van der Waals surface area contributed by atoms with E-state index in [1.807, 2.05) is 12.1 Å². The highest BCUT2D eigenvalue weighted by Crippen LogP contribution is 2.40. The number of H-pyrrole nitrogens is 1. The Kier molecular flexibility index (Phi) is 5.19. The van der Waals surface area contributed by atoms with E-state index in [0.29, 0.717) is 12.2 Å². The van der Waals surface area contributed by atoms with Gasteiger partial charge in [-0.3, -0.25) is 9.59 Å². The van der Waals surface area contributed by atoms with E-state index in [2.05, 4.69) is 31.8 Å². The zero-order valence-electron chi connectivity index (χ0n) is 16.5. The van der Waals surface area contributed by atoms with E-state index in [1.165, 1.54) is 11.0 Å². The molecule has 1 aliphatic rings. The molecule has 0 radical (unpaired) electrons. The summed E-state index contributed by atoms with van der Waals surface area (Å²) in [6, 6.07) is 7.24. The van der Waals surface area contributed by atoms with Crippen LogP contribution in [0.1, 0.15) is 42.0 Å². The first-order valence-corrected chi connectivity index (χ1v) is 9.91. The van der Waals surface area contributed by atoms with Gasteiger partial charge >= 0.3 is 0 Å². The highest BCUT2D eigenvalue weighted by Gasteiger charge is 2.37. The van der Waals surface area contributed by atoms with Crippen LogP contribution in [0.2, 0.25) is 0 Å². The fourth-order valence-electron chi connectivity index (χ4n) is 4.35. The van der Waals surface area contributed by atoms with Crippen molar-refractivity contribution in [1.82, 2.24) is 24.4 Å². The highest BCUT2D eigenvalue weighted by atomic mass is 16.3. The first kappa shape index (κ1) is 19.3. The summed E-state index contributed by atoms with van der Waals surface area (Å²) in [6.45, 7) is 0.0444. The van der Waals surface area contributed by atoms with Crippen LogP contribution in [0.5, 0.6) is 0 Å². The van der Waals surface area contributed by atoms with E-state index in [4.69, 9.17) is 5.11 Å². The van der Waals surface area contributed by atoms with Gasteiger partial charge in [-0.15, -0.1) is 0 Å². The molecule has 2 N–H and O–H groups in total. The van der Waals surface area contributed by atoms with Crippen LogP contribution in [0.25, 0.3) is 11.0 Å². The fraction of sp³-hybridized carbons (Fsp3) is 0.429. The lowest BCUT2D eigenvalue weighted by molar-refractivity contribution is 0.0760. The Balaban J connectivity index is 1.71. The van der Waals surface area contributed by atoms with Crippen LogP contribution in [-0.4, -0.2) is 55.6 Å². The van der Waals surface area contributed by atoms with Gasteiger partial charge in [-0.2, -0.15) is 0 Å². The lowest BCUT2D eigenvalue weighted by atomic mass is 9.92. The number of rotatable bonds is 6. The van der Waals surface area contributed by atoms with Gasteiger partial charge in [0.2, 0.25) is 0 Å². The highest BCUT2D eigenvalue weighted by molar-refractivity contribution is 5.92. The van der Waals surface area contributed by atoms with Gasteiger partial charge in [-0.1, -0.05) is 12.8 Å². The monoisotopic (exact) mass is 395 g/mol. The molecule has 1 amide bonds. The minimum absolute atomic E-state index is 0.100. The number of amides is 1. The maximum atomic E-state index is 12.5. The Morgan fingerprint density at radius 2 is 2.14 bits per heavy atom. The Hall–Kier alpha value is -3.00. The standard InChI is InChI=1S/C21H25N5O3/c1-25(11-12-27)20(29)16-13-18(28)24-17(23-16)14-21(7-2-3-8-21)26-10-6-15-5-4-9-22-19(15)26/h4-6,9-10,13,27H,2-3,7-8,11-12,14H2,1H3,(H,23,24,28). The van der Waals surface area contributed by atoms with Crippen LogP contribution in [0.4, 0.5) is 0 Å². The van der Waals surface area contributed by atoms with Crippen molar-refractivity contribution in [2.45, 2.75) is 37.6 Å². The van der Waals surface area contributed by atoms with Gasteiger partial charge in [0.15, 0.2) is 0 Å². The van der Waals surface area contributed by atoms with Gasteiger partial charge in [0.05, 0.1) is 12.1 Å². The molecule has 8 nitrogen and oxygen atoms in total. The zero-order valence-corrected chi connectivity index (χ0v) is 16.5.